The van der Waals surface area contributed by atoms with Crippen molar-refractivity contribution in [2.45, 2.75) is 102 Å². The Kier molecular flexibility index (Phi) is 11.9. The first kappa shape index (κ1) is 38.5. The summed E-state index contributed by atoms with van der Waals surface area (Å²) < 4.78 is 3.80. The molecule has 0 spiro atoms. The summed E-state index contributed by atoms with van der Waals surface area (Å²) in [4.78, 5) is 0. The molecule has 2 aliphatic carbocycles. The van der Waals surface area contributed by atoms with Crippen LogP contribution in [-0.4, -0.2) is 3.26 Å². The van der Waals surface area contributed by atoms with Crippen molar-refractivity contribution in [2.24, 2.45) is 0 Å². The SMILES string of the molecule is CC(C)c1ccc([C](c2ccc(C(C)C)cc2)=[Hf+2]([C]2=CC=CC2)[CH]2c3ccc(C(C)(C)C)cc3-c3cc(C(C)(C)C)ccc32)cc1.[Cl-].[Cl-]. The third-order valence-corrected chi connectivity index (χ3v) is 22.3. The van der Waals surface area contributed by atoms with E-state index in [4.69, 9.17) is 0 Å². The molecule has 0 N–H and O–H groups in total. The molecule has 4 aromatic carbocycles. The van der Waals surface area contributed by atoms with Gasteiger partial charge in [0.15, 0.2) is 0 Å². The number of hydrogen-bond acceptors (Lipinski definition) is 0. The molecule has 0 bridgehead atoms. The molecule has 0 heterocycles. The van der Waals surface area contributed by atoms with Crippen LogP contribution in [0.5, 0.6) is 0 Å². The van der Waals surface area contributed by atoms with Crippen molar-refractivity contribution in [2.75, 3.05) is 0 Å². The van der Waals surface area contributed by atoms with Crippen LogP contribution in [0.3, 0.4) is 0 Å². The standard InChI is InChI=1S/C21H25.C19H22.C5H5.2ClH.Hf/c1-20(2,3)16-9-7-14-11-15-8-10-17(21(4,5)6)13-19(15)18(14)12-16;1-14(2)18-9-5-16(6-10-18)13-17-7-11-19(12-8-17)15(3)4;1-2-4-5-3-1;;;/h7-13H,1-6H3;5-12,14-15H,1-4H3;1-3H,4H2;2*1H;/q;;;;;+2/p-2. The first-order chi connectivity index (χ1) is 21.7. The van der Waals surface area contributed by atoms with E-state index >= 15 is 0 Å². The Hall–Kier alpha value is -2.32. The molecule has 0 aromatic heterocycles. The van der Waals surface area contributed by atoms with Crippen LogP contribution in [0.15, 0.2) is 106 Å². The average molecular weight is 842 g/mol. The van der Waals surface area contributed by atoms with E-state index in [0.717, 1.165) is 6.42 Å². The van der Waals surface area contributed by atoms with Gasteiger partial charge in [-0.15, -0.1) is 0 Å². The number of halogens is 2. The monoisotopic (exact) mass is 842 g/mol. The van der Waals surface area contributed by atoms with Gasteiger partial charge in [0, 0.05) is 0 Å². The zero-order valence-electron chi connectivity index (χ0n) is 30.5. The normalized spacial score (nSPS) is 13.8. The summed E-state index contributed by atoms with van der Waals surface area (Å²) >= 11 is -2.96. The van der Waals surface area contributed by atoms with Gasteiger partial charge in [-0.05, 0) is 0 Å². The van der Waals surface area contributed by atoms with Crippen molar-refractivity contribution in [1.29, 1.82) is 0 Å². The Balaban J connectivity index is 0.00000260. The molecule has 0 aliphatic heterocycles. The predicted octanol–water partition coefficient (Wildman–Crippen LogP) is 6.34. The van der Waals surface area contributed by atoms with E-state index in [1.165, 1.54) is 44.5 Å². The van der Waals surface area contributed by atoms with Crippen molar-refractivity contribution < 1.29 is 45.8 Å². The Bertz CT molecular complexity index is 1740. The van der Waals surface area contributed by atoms with Crippen LogP contribution in [0.25, 0.3) is 11.1 Å². The van der Waals surface area contributed by atoms with Gasteiger partial charge < -0.3 is 24.8 Å². The molecule has 0 unspecified atom stereocenters. The molecule has 0 radical (unpaired) electrons. The minimum Gasteiger partial charge on any atom is -1.00 e. The summed E-state index contributed by atoms with van der Waals surface area (Å²) in [7, 11) is 0. The number of rotatable bonds is 6. The zero-order valence-corrected chi connectivity index (χ0v) is 35.6. The van der Waals surface area contributed by atoms with E-state index in [1.807, 2.05) is 0 Å². The number of hydrogen-bond donors (Lipinski definition) is 0. The van der Waals surface area contributed by atoms with Crippen LogP contribution in [0.4, 0.5) is 0 Å². The summed E-state index contributed by atoms with van der Waals surface area (Å²) in [5, 5.41) is 0. The molecule has 2 aliphatic rings. The Morgan fingerprint density at radius 3 is 1.35 bits per heavy atom. The molecule has 0 saturated heterocycles. The maximum atomic E-state index is 2.54. The number of benzene rings is 4. The molecule has 0 fully saturated rings. The predicted molar refractivity (Wildman–Crippen MR) is 197 cm³/mol. The van der Waals surface area contributed by atoms with E-state index in [-0.39, 0.29) is 35.6 Å². The largest absolute Gasteiger partial charge is 1.00 e. The second kappa shape index (κ2) is 14.9. The molecule has 48 heavy (non-hydrogen) atoms. The van der Waals surface area contributed by atoms with Gasteiger partial charge in [-0.25, -0.2) is 0 Å². The fourth-order valence-corrected chi connectivity index (χ4v) is 20.4. The molecule has 0 amide bonds. The van der Waals surface area contributed by atoms with E-state index in [0.29, 0.717) is 15.5 Å². The fraction of sp³-hybridized carbons (Fsp3) is 0.356. The summed E-state index contributed by atoms with van der Waals surface area (Å²) in [6.07, 6.45) is 8.30. The van der Waals surface area contributed by atoms with Crippen LogP contribution in [-0.2, 0) is 31.8 Å². The van der Waals surface area contributed by atoms with Crippen LogP contribution >= 0.6 is 0 Å². The Morgan fingerprint density at radius 2 is 1.02 bits per heavy atom. The third kappa shape index (κ3) is 7.55. The van der Waals surface area contributed by atoms with Gasteiger partial charge in [-0.3, -0.25) is 0 Å². The Labute approximate surface area is 311 Å². The average Bonchev–Trinajstić information content (AvgIpc) is 3.65. The fourth-order valence-electron chi connectivity index (χ4n) is 7.18. The van der Waals surface area contributed by atoms with Gasteiger partial charge in [0.2, 0.25) is 0 Å². The summed E-state index contributed by atoms with van der Waals surface area (Å²) in [5.41, 5.74) is 14.8. The first-order valence-electron chi connectivity index (χ1n) is 17.3. The van der Waals surface area contributed by atoms with E-state index in [9.17, 15) is 0 Å². The minimum atomic E-state index is -2.96. The topological polar surface area (TPSA) is 0 Å². The summed E-state index contributed by atoms with van der Waals surface area (Å²) in [6, 6.07) is 34.3. The molecule has 0 atom stereocenters. The van der Waals surface area contributed by atoms with Gasteiger partial charge in [0.1, 0.15) is 0 Å². The molecule has 0 saturated carbocycles. The summed E-state index contributed by atoms with van der Waals surface area (Å²) in [5.74, 6) is 1.04. The van der Waals surface area contributed by atoms with Crippen molar-refractivity contribution in [3.8, 4) is 11.1 Å². The van der Waals surface area contributed by atoms with Crippen LogP contribution in [0.1, 0.15) is 136 Å². The van der Waals surface area contributed by atoms with E-state index in [2.05, 4.69) is 172 Å². The van der Waals surface area contributed by atoms with E-state index in [1.54, 1.807) is 17.7 Å². The van der Waals surface area contributed by atoms with Crippen molar-refractivity contribution in [1.82, 2.24) is 0 Å². The van der Waals surface area contributed by atoms with Gasteiger partial charge in [0.05, 0.1) is 0 Å². The third-order valence-electron chi connectivity index (χ3n) is 10.2. The van der Waals surface area contributed by atoms with Gasteiger partial charge in [-0.1, -0.05) is 0 Å². The van der Waals surface area contributed by atoms with Crippen molar-refractivity contribution >= 4 is 3.26 Å². The molecule has 0 nitrogen and oxygen atoms in total. The molecule has 6 rings (SSSR count). The van der Waals surface area contributed by atoms with E-state index < -0.39 is 21.0 Å². The zero-order chi connectivity index (χ0) is 33.0. The molecular weight excluding hydrogens is 790 g/mol. The molecule has 250 valence electrons. The Morgan fingerprint density at radius 1 is 0.604 bits per heavy atom. The second-order valence-corrected chi connectivity index (χ2v) is 25.4. The second-order valence-electron chi connectivity index (χ2n) is 16.2. The van der Waals surface area contributed by atoms with Crippen LogP contribution < -0.4 is 24.8 Å². The van der Waals surface area contributed by atoms with Gasteiger partial charge in [-0.2, -0.15) is 0 Å². The van der Waals surface area contributed by atoms with Gasteiger partial charge in [0.25, 0.3) is 0 Å². The maximum absolute atomic E-state index is 2.96. The molecule has 4 aromatic rings. The summed E-state index contributed by atoms with van der Waals surface area (Å²) in [6.45, 7) is 23.3. The maximum Gasteiger partial charge on any atom is -1.00 e. The van der Waals surface area contributed by atoms with Crippen molar-refractivity contribution in [3.05, 3.63) is 151 Å². The van der Waals surface area contributed by atoms with Crippen molar-refractivity contribution in [3.63, 3.8) is 0 Å². The smallest absolute Gasteiger partial charge is 1.00 e. The first-order valence-corrected chi connectivity index (χ1v) is 23.0. The van der Waals surface area contributed by atoms with Gasteiger partial charge >= 0.3 is 288 Å². The van der Waals surface area contributed by atoms with Crippen LogP contribution in [0, 0.1) is 0 Å². The molecule has 3 heteroatoms. The quantitative estimate of drug-likeness (QED) is 0.199. The number of fused-ring (bicyclic) bond motifs is 3. The minimum absolute atomic E-state index is 0. The molecular formula is C45H52Cl2Hf. The van der Waals surface area contributed by atoms with Crippen LogP contribution in [0.2, 0.25) is 0 Å². The number of allylic oxidation sites excluding steroid dienone is 4.